The molecule has 8 nitrogen and oxygen atoms in total. The fourth-order valence-electron chi connectivity index (χ4n) is 3.04. The van der Waals surface area contributed by atoms with Crippen LogP contribution in [0.2, 0.25) is 15.1 Å². The van der Waals surface area contributed by atoms with Crippen molar-refractivity contribution in [1.82, 2.24) is 9.62 Å². The number of nitrogens with two attached hydrogens (primary N) is 1. The van der Waals surface area contributed by atoms with E-state index in [0.29, 0.717) is 21.2 Å². The van der Waals surface area contributed by atoms with Crippen LogP contribution in [0.4, 0.5) is 0 Å². The maximum atomic E-state index is 13.3. The highest BCUT2D eigenvalue weighted by molar-refractivity contribution is 7.89. The molecular formula is C22H20Cl3N3O5S2. The molecule has 0 atom stereocenters. The Bertz CT molecular complexity index is 1430. The first-order valence-electron chi connectivity index (χ1n) is 9.94. The van der Waals surface area contributed by atoms with E-state index in [1.54, 1.807) is 12.1 Å². The lowest BCUT2D eigenvalue weighted by molar-refractivity contribution is -0.121. The van der Waals surface area contributed by atoms with Gasteiger partial charge in [0.25, 0.3) is 0 Å². The lowest BCUT2D eigenvalue weighted by Gasteiger charge is -2.22. The molecule has 0 radical (unpaired) electrons. The first-order chi connectivity index (χ1) is 16.4. The lowest BCUT2D eigenvalue weighted by atomic mass is 10.2. The van der Waals surface area contributed by atoms with Crippen molar-refractivity contribution in [2.24, 2.45) is 5.14 Å². The van der Waals surface area contributed by atoms with Crippen LogP contribution in [0.25, 0.3) is 0 Å². The van der Waals surface area contributed by atoms with Gasteiger partial charge in [-0.05, 0) is 59.7 Å². The van der Waals surface area contributed by atoms with Crippen molar-refractivity contribution in [3.63, 3.8) is 0 Å². The molecule has 3 rings (SSSR count). The van der Waals surface area contributed by atoms with Crippen LogP contribution >= 0.6 is 34.8 Å². The van der Waals surface area contributed by atoms with Crippen molar-refractivity contribution in [3.05, 3.63) is 92.9 Å². The van der Waals surface area contributed by atoms with Crippen molar-refractivity contribution >= 4 is 60.8 Å². The third-order valence-corrected chi connectivity index (χ3v) is 8.45. The number of hydrogen-bond acceptors (Lipinski definition) is 5. The maximum Gasteiger partial charge on any atom is 0.243 e. The van der Waals surface area contributed by atoms with Gasteiger partial charge in [0.05, 0.1) is 16.3 Å². The van der Waals surface area contributed by atoms with Gasteiger partial charge in [0.15, 0.2) is 0 Å². The largest absolute Gasteiger partial charge is 0.351 e. The fraction of sp³-hybridized carbons (Fsp3) is 0.136. The predicted molar refractivity (Wildman–Crippen MR) is 135 cm³/mol. The zero-order chi connectivity index (χ0) is 25.8. The summed E-state index contributed by atoms with van der Waals surface area (Å²) < 4.78 is 50.4. The van der Waals surface area contributed by atoms with E-state index in [0.717, 1.165) is 4.31 Å². The molecule has 3 N–H and O–H groups in total. The second-order valence-corrected chi connectivity index (χ2v) is 12.2. The summed E-state index contributed by atoms with van der Waals surface area (Å²) in [6, 6.07) is 15.8. The Labute approximate surface area is 218 Å². The second kappa shape index (κ2) is 11.3. The normalized spacial score (nSPS) is 12.0. The minimum absolute atomic E-state index is 0.0419. The number of rotatable bonds is 9. The molecule has 0 unspecified atom stereocenters. The summed E-state index contributed by atoms with van der Waals surface area (Å²) in [6.45, 7) is -0.642. The van der Waals surface area contributed by atoms with Gasteiger partial charge < -0.3 is 5.32 Å². The Morgan fingerprint density at radius 2 is 1.40 bits per heavy atom. The predicted octanol–water partition coefficient (Wildman–Crippen LogP) is 3.80. The van der Waals surface area contributed by atoms with Gasteiger partial charge in [-0.25, -0.2) is 22.0 Å². The van der Waals surface area contributed by atoms with Crippen LogP contribution in [0.3, 0.4) is 0 Å². The Morgan fingerprint density at radius 3 is 1.97 bits per heavy atom. The highest BCUT2D eigenvalue weighted by atomic mass is 35.5. The van der Waals surface area contributed by atoms with E-state index in [1.165, 1.54) is 54.6 Å². The average Bonchev–Trinajstić information content (AvgIpc) is 2.79. The van der Waals surface area contributed by atoms with E-state index in [2.05, 4.69) is 5.32 Å². The minimum atomic E-state index is -4.10. The third kappa shape index (κ3) is 7.40. The molecule has 3 aromatic carbocycles. The number of amides is 1. The smallest absolute Gasteiger partial charge is 0.243 e. The van der Waals surface area contributed by atoms with E-state index in [1.807, 2.05) is 0 Å². The van der Waals surface area contributed by atoms with Crippen LogP contribution in [-0.2, 0) is 37.9 Å². The van der Waals surface area contributed by atoms with Gasteiger partial charge in [-0.1, -0.05) is 53.0 Å². The fourth-order valence-corrected chi connectivity index (χ4v) is 5.52. The molecule has 35 heavy (non-hydrogen) atoms. The topological polar surface area (TPSA) is 127 Å². The van der Waals surface area contributed by atoms with Gasteiger partial charge in [0.2, 0.25) is 26.0 Å². The van der Waals surface area contributed by atoms with Crippen LogP contribution in [0, 0.1) is 0 Å². The van der Waals surface area contributed by atoms with Gasteiger partial charge in [-0.15, -0.1) is 0 Å². The molecule has 0 saturated carbocycles. The SMILES string of the molecule is NS(=O)(=O)c1ccc(CNC(=O)CN(Cc2ccc(Cl)cc2Cl)S(=O)(=O)c2ccc(Cl)cc2)cc1. The number of sulfonamides is 2. The van der Waals surface area contributed by atoms with Crippen LogP contribution in [-0.4, -0.2) is 33.6 Å². The number of hydrogen-bond donors (Lipinski definition) is 2. The van der Waals surface area contributed by atoms with E-state index in [9.17, 15) is 21.6 Å². The van der Waals surface area contributed by atoms with Gasteiger partial charge in [0, 0.05) is 28.2 Å². The molecule has 0 aliphatic carbocycles. The number of nitrogens with zero attached hydrogens (tertiary/aromatic N) is 1. The maximum absolute atomic E-state index is 13.3. The molecule has 0 aromatic heterocycles. The summed E-state index contributed by atoms with van der Waals surface area (Å²) in [5.74, 6) is -0.580. The quantitative estimate of drug-likeness (QED) is 0.401. The highest BCUT2D eigenvalue weighted by Crippen LogP contribution is 2.25. The van der Waals surface area contributed by atoms with Crippen LogP contribution in [0.15, 0.2) is 76.5 Å². The summed E-state index contributed by atoms with van der Waals surface area (Å²) >= 11 is 18.1. The van der Waals surface area contributed by atoms with Crippen molar-refractivity contribution in [3.8, 4) is 0 Å². The molecule has 0 spiro atoms. The molecule has 0 bridgehead atoms. The number of nitrogens with one attached hydrogen (secondary N) is 1. The van der Waals surface area contributed by atoms with Crippen molar-refractivity contribution in [1.29, 1.82) is 0 Å². The summed E-state index contributed by atoms with van der Waals surface area (Å²) in [5.41, 5.74) is 1.05. The molecule has 0 aliphatic heterocycles. The number of halogens is 3. The molecule has 0 heterocycles. The highest BCUT2D eigenvalue weighted by Gasteiger charge is 2.27. The van der Waals surface area contributed by atoms with E-state index in [-0.39, 0.29) is 27.9 Å². The summed E-state index contributed by atoms with van der Waals surface area (Å²) in [4.78, 5) is 12.6. The van der Waals surface area contributed by atoms with E-state index < -0.39 is 32.5 Å². The van der Waals surface area contributed by atoms with E-state index >= 15 is 0 Å². The Morgan fingerprint density at radius 1 is 0.829 bits per heavy atom. The average molecular weight is 577 g/mol. The van der Waals surface area contributed by atoms with Crippen molar-refractivity contribution in [2.75, 3.05) is 6.54 Å². The summed E-state index contributed by atoms with van der Waals surface area (Å²) in [5, 5.41) is 8.71. The molecule has 13 heteroatoms. The van der Waals surface area contributed by atoms with Crippen LogP contribution in [0.5, 0.6) is 0 Å². The number of carbonyl (C=O) groups excluding carboxylic acids is 1. The molecule has 1 amide bonds. The summed E-state index contributed by atoms with van der Waals surface area (Å²) in [6.07, 6.45) is 0. The van der Waals surface area contributed by atoms with Gasteiger partial charge >= 0.3 is 0 Å². The number of primary sulfonamides is 1. The monoisotopic (exact) mass is 575 g/mol. The molecule has 0 fully saturated rings. The van der Waals surface area contributed by atoms with Crippen molar-refractivity contribution in [2.45, 2.75) is 22.9 Å². The van der Waals surface area contributed by atoms with Gasteiger partial charge in [-0.2, -0.15) is 4.31 Å². The minimum Gasteiger partial charge on any atom is -0.351 e. The molecule has 0 aliphatic rings. The van der Waals surface area contributed by atoms with Crippen molar-refractivity contribution < 1.29 is 21.6 Å². The Hall–Kier alpha value is -2.18. The molecule has 186 valence electrons. The molecule has 0 saturated heterocycles. The first-order valence-corrected chi connectivity index (χ1v) is 14.1. The Balaban J connectivity index is 1.80. The molecule has 3 aromatic rings. The zero-order valence-corrected chi connectivity index (χ0v) is 21.9. The first kappa shape index (κ1) is 27.4. The Kier molecular flexibility index (Phi) is 8.81. The van der Waals surface area contributed by atoms with Gasteiger partial charge in [0.1, 0.15) is 0 Å². The summed E-state index contributed by atoms with van der Waals surface area (Å²) in [7, 11) is -7.94. The second-order valence-electron chi connectivity index (χ2n) is 7.43. The van der Waals surface area contributed by atoms with Crippen LogP contribution in [0.1, 0.15) is 11.1 Å². The third-order valence-electron chi connectivity index (χ3n) is 4.87. The lowest BCUT2D eigenvalue weighted by Crippen LogP contribution is -2.40. The standard InChI is InChI=1S/C22H20Cl3N3O5S2/c23-17-5-9-20(10-6-17)35(32,33)28(13-16-3-4-18(24)11-21(16)25)14-22(29)27-12-15-1-7-19(8-2-15)34(26,30)31/h1-11H,12-14H2,(H,27,29)(H2,26,30,31). The number of benzene rings is 3. The van der Waals surface area contributed by atoms with Gasteiger partial charge in [-0.3, -0.25) is 4.79 Å². The molecular weight excluding hydrogens is 557 g/mol. The van der Waals surface area contributed by atoms with E-state index in [4.69, 9.17) is 39.9 Å². The zero-order valence-electron chi connectivity index (χ0n) is 18.0. The number of carbonyl (C=O) groups is 1. The van der Waals surface area contributed by atoms with Crippen LogP contribution < -0.4 is 10.5 Å².